The van der Waals surface area contributed by atoms with E-state index in [1.54, 1.807) is 12.1 Å². The molecule has 8 heteroatoms. The van der Waals surface area contributed by atoms with E-state index in [0.29, 0.717) is 6.04 Å². The number of nitrogens with zero attached hydrogens (tertiary/aromatic N) is 1. The van der Waals surface area contributed by atoms with Crippen LogP contribution in [0, 0.1) is 17.9 Å². The smallest absolute Gasteiger partial charge is 0.235 e. The average Bonchev–Trinajstić information content (AvgIpc) is 2.91. The summed E-state index contributed by atoms with van der Waals surface area (Å²) in [6, 6.07) is 19.5. The fraction of sp³-hybridized carbons (Fsp3) is 0.567. The molecule has 2 aromatic carbocycles. The topological polar surface area (TPSA) is 92.5 Å². The van der Waals surface area contributed by atoms with Crippen molar-refractivity contribution in [2.75, 3.05) is 13.1 Å². The predicted molar refractivity (Wildman–Crippen MR) is 147 cm³/mol. The average molecular weight is 614 g/mol. The molecule has 4 rings (SSSR count). The third-order valence-corrected chi connectivity index (χ3v) is 10.1. The molecule has 2 aromatic rings. The molecule has 2 aliphatic rings. The number of nitrogens with one attached hydrogen (secondary N) is 1. The number of carbonyl (C=O) groups excluding carboxylic acids is 1. The molecule has 1 atom stereocenters. The largest absolute Gasteiger partial charge is 0.352 e. The summed E-state index contributed by atoms with van der Waals surface area (Å²) in [5, 5.41) is 3.15. The molecule has 38 heavy (non-hydrogen) atoms. The van der Waals surface area contributed by atoms with E-state index in [4.69, 9.17) is 5.73 Å². The number of rotatable bonds is 10. The molecule has 1 radical (unpaired) electrons. The Morgan fingerprint density at radius 2 is 1.55 bits per heavy atom. The predicted octanol–water partition coefficient (Wildman–Crippen LogP) is 4.86. The van der Waals surface area contributed by atoms with E-state index in [1.807, 2.05) is 37.3 Å². The fourth-order valence-electron chi connectivity index (χ4n) is 6.00. The van der Waals surface area contributed by atoms with Crippen molar-refractivity contribution in [3.8, 4) is 0 Å². The van der Waals surface area contributed by atoms with Gasteiger partial charge >= 0.3 is 0 Å². The van der Waals surface area contributed by atoms with Crippen molar-refractivity contribution in [2.45, 2.75) is 87.6 Å². The van der Waals surface area contributed by atoms with Crippen molar-refractivity contribution in [3.05, 3.63) is 66.2 Å². The van der Waals surface area contributed by atoms with Crippen molar-refractivity contribution in [2.24, 2.45) is 17.6 Å². The second-order valence-electron chi connectivity index (χ2n) is 11.1. The van der Waals surface area contributed by atoms with Crippen LogP contribution < -0.4 is 11.1 Å². The zero-order valence-corrected chi connectivity index (χ0v) is 26.3. The Morgan fingerprint density at radius 1 is 0.974 bits per heavy atom. The number of sulfonamides is 1. The SMILES string of the molecule is CC(CN(CC(=O)NC1CCC(CC2CCC(N)CC2)CC1)S(=O)(=O)c1cc[c-]cc1)c1ccccc1.[Y]. The minimum atomic E-state index is -3.83. The summed E-state index contributed by atoms with van der Waals surface area (Å²) >= 11 is 0. The van der Waals surface area contributed by atoms with Crippen molar-refractivity contribution in [1.82, 2.24) is 9.62 Å². The summed E-state index contributed by atoms with van der Waals surface area (Å²) in [6.45, 7) is 2.05. The van der Waals surface area contributed by atoms with Crippen LogP contribution in [0.4, 0.5) is 0 Å². The van der Waals surface area contributed by atoms with Crippen LogP contribution in [0.1, 0.15) is 76.2 Å². The monoisotopic (exact) mass is 613 g/mol. The molecule has 0 aromatic heterocycles. The van der Waals surface area contributed by atoms with Crippen LogP contribution in [0.25, 0.3) is 0 Å². The first-order valence-corrected chi connectivity index (χ1v) is 15.3. The van der Waals surface area contributed by atoms with Gasteiger partial charge in [0, 0.05) is 51.3 Å². The van der Waals surface area contributed by atoms with Crippen LogP contribution in [0.15, 0.2) is 59.5 Å². The van der Waals surface area contributed by atoms with Crippen molar-refractivity contribution in [1.29, 1.82) is 0 Å². The molecule has 0 spiro atoms. The van der Waals surface area contributed by atoms with E-state index in [9.17, 15) is 13.2 Å². The summed E-state index contributed by atoms with van der Waals surface area (Å²) in [5.74, 6) is 1.25. The van der Waals surface area contributed by atoms with Gasteiger partial charge in [-0.05, 0) is 86.0 Å². The van der Waals surface area contributed by atoms with Crippen LogP contribution in [0.2, 0.25) is 0 Å². The second-order valence-corrected chi connectivity index (χ2v) is 13.1. The molecule has 205 valence electrons. The summed E-state index contributed by atoms with van der Waals surface area (Å²) < 4.78 is 28.3. The number of amides is 1. The molecule has 6 nitrogen and oxygen atoms in total. The fourth-order valence-corrected chi connectivity index (χ4v) is 7.49. The number of nitrogens with two attached hydrogens (primary N) is 1. The van der Waals surface area contributed by atoms with Crippen LogP contribution in [-0.4, -0.2) is 43.8 Å². The van der Waals surface area contributed by atoms with Crippen LogP contribution in [-0.2, 0) is 47.5 Å². The van der Waals surface area contributed by atoms with Gasteiger partial charge in [-0.15, -0.1) is 0 Å². The van der Waals surface area contributed by atoms with Gasteiger partial charge in [-0.1, -0.05) is 37.3 Å². The van der Waals surface area contributed by atoms with E-state index >= 15 is 0 Å². The normalized spacial score (nSPS) is 24.8. The van der Waals surface area contributed by atoms with Crippen LogP contribution >= 0.6 is 0 Å². The first-order valence-electron chi connectivity index (χ1n) is 13.9. The molecule has 0 heterocycles. The maximum Gasteiger partial charge on any atom is 0.235 e. The zero-order chi connectivity index (χ0) is 26.3. The van der Waals surface area contributed by atoms with Gasteiger partial charge in [0.05, 0.1) is 6.54 Å². The summed E-state index contributed by atoms with van der Waals surface area (Å²) in [4.78, 5) is 13.3. The van der Waals surface area contributed by atoms with Gasteiger partial charge in [-0.25, -0.2) is 8.42 Å². The van der Waals surface area contributed by atoms with Gasteiger partial charge in [-0.3, -0.25) is 4.79 Å². The standard InChI is InChI=1S/C30H42N3O3S.Y/c1-23(26-8-4-2-5-9-26)21-33(37(35,36)29-10-6-3-7-11-29)22-30(34)32-28-18-14-25(15-19-28)20-24-12-16-27(31)17-13-24;/h2,4-11,23-25,27-28H,12-22,31H2,1H3,(H,32,34);/q-1;. The van der Waals surface area contributed by atoms with E-state index in [-0.39, 0.29) is 68.6 Å². The summed E-state index contributed by atoms with van der Waals surface area (Å²) in [6.07, 6.45) is 10.3. The number of benzene rings is 2. The Hall–Kier alpha value is -1.12. The maximum absolute atomic E-state index is 13.5. The molecule has 1 unspecified atom stereocenters. The molecule has 0 aliphatic heterocycles. The van der Waals surface area contributed by atoms with Crippen LogP contribution in [0.3, 0.4) is 0 Å². The minimum Gasteiger partial charge on any atom is -0.352 e. The molecular formula is C30H42N3O3SY-. The quantitative estimate of drug-likeness (QED) is 0.375. The van der Waals surface area contributed by atoms with Gasteiger partial charge in [0.1, 0.15) is 0 Å². The molecule has 1 amide bonds. The zero-order valence-electron chi connectivity index (χ0n) is 22.6. The van der Waals surface area contributed by atoms with Gasteiger partial charge in [-0.2, -0.15) is 34.6 Å². The van der Waals surface area contributed by atoms with Crippen molar-refractivity contribution in [3.63, 3.8) is 0 Å². The maximum atomic E-state index is 13.5. The third-order valence-electron chi connectivity index (χ3n) is 8.26. The van der Waals surface area contributed by atoms with Crippen molar-refractivity contribution >= 4 is 15.9 Å². The number of hydrogen-bond acceptors (Lipinski definition) is 4. The van der Waals surface area contributed by atoms with Gasteiger partial charge in [0.25, 0.3) is 0 Å². The summed E-state index contributed by atoms with van der Waals surface area (Å²) in [7, 11) is -3.83. The minimum absolute atomic E-state index is 0. The van der Waals surface area contributed by atoms with Gasteiger partial charge in [0.2, 0.25) is 15.9 Å². The first kappa shape index (κ1) is 31.4. The van der Waals surface area contributed by atoms with E-state index < -0.39 is 10.0 Å². The van der Waals surface area contributed by atoms with E-state index in [2.05, 4.69) is 11.4 Å². The Bertz CT molecular complexity index is 1080. The molecule has 2 fully saturated rings. The van der Waals surface area contributed by atoms with Gasteiger partial charge in [0.15, 0.2) is 0 Å². The molecule has 2 aliphatic carbocycles. The Kier molecular flexibility index (Phi) is 12.4. The molecular weight excluding hydrogens is 571 g/mol. The Morgan fingerprint density at radius 3 is 2.16 bits per heavy atom. The first-order chi connectivity index (χ1) is 17.8. The molecule has 0 saturated heterocycles. The molecule has 2 saturated carbocycles. The molecule has 0 bridgehead atoms. The molecule has 3 N–H and O–H groups in total. The Balaban J connectivity index is 0.00000400. The third kappa shape index (κ3) is 8.95. The summed E-state index contributed by atoms with van der Waals surface area (Å²) in [5.41, 5.74) is 7.11. The second kappa shape index (κ2) is 15.0. The van der Waals surface area contributed by atoms with Gasteiger partial charge < -0.3 is 11.1 Å². The van der Waals surface area contributed by atoms with Crippen molar-refractivity contribution < 1.29 is 45.9 Å². The number of hydrogen-bond donors (Lipinski definition) is 2. The van der Waals surface area contributed by atoms with E-state index in [1.165, 1.54) is 35.7 Å². The van der Waals surface area contributed by atoms with E-state index in [0.717, 1.165) is 55.9 Å². The number of carbonyl (C=O) groups is 1. The Labute approximate surface area is 254 Å². The van der Waals surface area contributed by atoms with Crippen LogP contribution in [0.5, 0.6) is 0 Å².